The van der Waals surface area contributed by atoms with E-state index < -0.39 is 0 Å². The van der Waals surface area contributed by atoms with Gasteiger partial charge >= 0.3 is 0 Å². The molecule has 0 fully saturated rings. The number of rotatable bonds is 8. The molecule has 136 valence electrons. The monoisotopic (exact) mass is 362 g/mol. The van der Waals surface area contributed by atoms with Crippen LogP contribution in [0.4, 0.5) is 0 Å². The van der Waals surface area contributed by atoms with Crippen LogP contribution in [-0.4, -0.2) is 51.7 Å². The van der Waals surface area contributed by atoms with Gasteiger partial charge in [-0.3, -0.25) is 9.98 Å². The number of hydrogen-bond donors (Lipinski definition) is 2. The maximum absolute atomic E-state index is 5.26. The molecule has 0 atom stereocenters. The van der Waals surface area contributed by atoms with Crippen LogP contribution in [0.25, 0.3) is 11.6 Å². The largest absolute Gasteiger partial charge is 0.357 e. The Morgan fingerprint density at radius 3 is 2.84 bits per heavy atom. The number of hydrogen-bond acceptors (Lipinski definition) is 6. The van der Waals surface area contributed by atoms with Gasteiger partial charge in [0, 0.05) is 30.5 Å². The van der Waals surface area contributed by atoms with E-state index >= 15 is 0 Å². The van der Waals surface area contributed by atoms with Crippen molar-refractivity contribution in [3.63, 3.8) is 0 Å². The van der Waals surface area contributed by atoms with Crippen LogP contribution in [0.3, 0.4) is 0 Å². The minimum Gasteiger partial charge on any atom is -0.357 e. The molecule has 0 saturated heterocycles. The van der Waals surface area contributed by atoms with Crippen molar-refractivity contribution < 1.29 is 4.52 Å². The number of nitrogens with zero attached hydrogens (tertiary/aromatic N) is 4. The zero-order chi connectivity index (χ0) is 18.1. The summed E-state index contributed by atoms with van der Waals surface area (Å²) >= 11 is 1.81. The highest BCUT2D eigenvalue weighted by atomic mass is 32.2. The van der Waals surface area contributed by atoms with Gasteiger partial charge in [-0.1, -0.05) is 11.2 Å². The third-order valence-corrected chi connectivity index (χ3v) is 4.74. The van der Waals surface area contributed by atoms with E-state index in [4.69, 9.17) is 4.52 Å². The summed E-state index contributed by atoms with van der Waals surface area (Å²) in [4.78, 5) is 13.2. The molecular weight excluding hydrogens is 336 g/mol. The molecule has 7 nitrogen and oxygen atoms in total. The number of thioether (sulfide) groups is 1. The van der Waals surface area contributed by atoms with E-state index in [0.717, 1.165) is 19.0 Å². The van der Waals surface area contributed by atoms with E-state index in [9.17, 15) is 0 Å². The molecule has 25 heavy (non-hydrogen) atoms. The van der Waals surface area contributed by atoms with Crippen LogP contribution in [0.15, 0.2) is 33.9 Å². The molecule has 8 heteroatoms. The Bertz CT molecular complexity index is 671. The highest BCUT2D eigenvalue weighted by Gasteiger charge is 2.15. The number of pyridine rings is 1. The molecule has 0 aliphatic carbocycles. The highest BCUT2D eigenvalue weighted by molar-refractivity contribution is 7.99. The van der Waals surface area contributed by atoms with Crippen molar-refractivity contribution in [1.82, 2.24) is 25.8 Å². The zero-order valence-electron chi connectivity index (χ0n) is 15.2. The fraction of sp³-hybridized carbons (Fsp3) is 0.529. The van der Waals surface area contributed by atoms with Gasteiger partial charge in [0.1, 0.15) is 5.69 Å². The topological polar surface area (TPSA) is 88.2 Å². The van der Waals surface area contributed by atoms with Gasteiger partial charge in [-0.15, -0.1) is 0 Å². The summed E-state index contributed by atoms with van der Waals surface area (Å²) in [5.74, 6) is 1.89. The van der Waals surface area contributed by atoms with Crippen molar-refractivity contribution in [2.24, 2.45) is 4.99 Å². The van der Waals surface area contributed by atoms with Crippen LogP contribution in [-0.2, 0) is 6.42 Å². The molecule has 0 aliphatic rings. The van der Waals surface area contributed by atoms with Crippen LogP contribution < -0.4 is 10.6 Å². The summed E-state index contributed by atoms with van der Waals surface area (Å²) in [5, 5.41) is 10.6. The molecule has 0 saturated carbocycles. The summed E-state index contributed by atoms with van der Waals surface area (Å²) in [6.45, 7) is 8.65. The normalized spacial score (nSPS) is 12.2. The molecule has 2 heterocycles. The van der Waals surface area contributed by atoms with Crippen LogP contribution >= 0.6 is 11.8 Å². The maximum atomic E-state index is 5.26. The second kappa shape index (κ2) is 9.41. The van der Waals surface area contributed by atoms with E-state index in [1.807, 2.05) is 30.0 Å². The third kappa shape index (κ3) is 6.38. The predicted octanol–water partition coefficient (Wildman–Crippen LogP) is 2.37. The van der Waals surface area contributed by atoms with Crippen LogP contribution in [0.2, 0.25) is 0 Å². The van der Waals surface area contributed by atoms with Crippen molar-refractivity contribution in [2.75, 3.05) is 25.9 Å². The summed E-state index contributed by atoms with van der Waals surface area (Å²) in [5.41, 5.74) is 0.684. The summed E-state index contributed by atoms with van der Waals surface area (Å²) < 4.78 is 5.38. The molecule has 2 aromatic heterocycles. The molecule has 0 unspecified atom stereocenters. The minimum atomic E-state index is 0.119. The minimum absolute atomic E-state index is 0.119. The zero-order valence-corrected chi connectivity index (χ0v) is 16.1. The smallest absolute Gasteiger partial charge is 0.276 e. The first-order valence-corrected chi connectivity index (χ1v) is 9.58. The van der Waals surface area contributed by atoms with Gasteiger partial charge in [0.15, 0.2) is 11.8 Å². The average molecular weight is 363 g/mol. The van der Waals surface area contributed by atoms with Crippen molar-refractivity contribution in [3.05, 3.63) is 30.2 Å². The van der Waals surface area contributed by atoms with E-state index in [-0.39, 0.29) is 4.75 Å². The van der Waals surface area contributed by atoms with Crippen molar-refractivity contribution >= 4 is 17.7 Å². The predicted molar refractivity (Wildman–Crippen MR) is 103 cm³/mol. The Kier molecular flexibility index (Phi) is 7.24. The lowest BCUT2D eigenvalue weighted by atomic mass is 10.2. The van der Waals surface area contributed by atoms with Gasteiger partial charge < -0.3 is 15.2 Å². The molecule has 0 aromatic carbocycles. The number of nitrogens with one attached hydrogen (secondary N) is 2. The second-order valence-corrected chi connectivity index (χ2v) is 7.58. The maximum Gasteiger partial charge on any atom is 0.276 e. The molecule has 0 amide bonds. The molecular formula is C17H26N6OS. The Hall–Kier alpha value is -2.09. The number of aromatic nitrogens is 3. The van der Waals surface area contributed by atoms with Crippen LogP contribution in [0.5, 0.6) is 0 Å². The number of guanidine groups is 1. The Labute approximate surface area is 153 Å². The molecule has 2 N–H and O–H groups in total. The third-order valence-electron chi connectivity index (χ3n) is 3.51. The van der Waals surface area contributed by atoms with Gasteiger partial charge in [-0.2, -0.15) is 16.7 Å². The van der Waals surface area contributed by atoms with Crippen LogP contribution in [0.1, 0.15) is 26.6 Å². The van der Waals surface area contributed by atoms with Crippen molar-refractivity contribution in [3.8, 4) is 11.6 Å². The summed E-state index contributed by atoms with van der Waals surface area (Å²) in [7, 11) is 0. The van der Waals surface area contributed by atoms with Gasteiger partial charge in [0.05, 0.1) is 6.54 Å². The first-order valence-electron chi connectivity index (χ1n) is 8.35. The molecule has 0 aliphatic heterocycles. The lowest BCUT2D eigenvalue weighted by molar-refractivity contribution is 0.421. The first kappa shape index (κ1) is 19.2. The SMILES string of the molecule is CCNC(=NCC(C)(C)SC)NCCc1noc(-c2ccccn2)n1. The number of aliphatic imine (C=N–C) groups is 1. The molecule has 0 radical (unpaired) electrons. The molecule has 0 spiro atoms. The average Bonchev–Trinajstić information content (AvgIpc) is 3.09. The molecule has 0 bridgehead atoms. The first-order chi connectivity index (χ1) is 12.0. The van der Waals surface area contributed by atoms with E-state index in [2.05, 4.69) is 57.8 Å². The fourth-order valence-electron chi connectivity index (χ4n) is 1.92. The fourth-order valence-corrected chi connectivity index (χ4v) is 2.11. The van der Waals surface area contributed by atoms with Gasteiger partial charge in [-0.05, 0) is 39.2 Å². The highest BCUT2D eigenvalue weighted by Crippen LogP contribution is 2.20. The van der Waals surface area contributed by atoms with E-state index in [0.29, 0.717) is 30.4 Å². The van der Waals surface area contributed by atoms with Crippen LogP contribution in [0, 0.1) is 0 Å². The van der Waals surface area contributed by atoms with E-state index in [1.54, 1.807) is 6.20 Å². The summed E-state index contributed by atoms with van der Waals surface area (Å²) in [6, 6.07) is 5.59. The van der Waals surface area contributed by atoms with Crippen molar-refractivity contribution in [2.45, 2.75) is 31.9 Å². The molecule has 2 rings (SSSR count). The van der Waals surface area contributed by atoms with E-state index in [1.165, 1.54) is 0 Å². The Morgan fingerprint density at radius 1 is 1.32 bits per heavy atom. The summed E-state index contributed by atoms with van der Waals surface area (Å²) in [6.07, 6.45) is 4.45. The quantitative estimate of drug-likeness (QED) is 0.550. The Balaban J connectivity index is 1.87. The lowest BCUT2D eigenvalue weighted by Crippen LogP contribution is -2.39. The molecule has 2 aromatic rings. The lowest BCUT2D eigenvalue weighted by Gasteiger charge is -2.20. The van der Waals surface area contributed by atoms with Gasteiger partial charge in [0.2, 0.25) is 0 Å². The van der Waals surface area contributed by atoms with Crippen molar-refractivity contribution in [1.29, 1.82) is 0 Å². The second-order valence-electron chi connectivity index (χ2n) is 6.07. The Morgan fingerprint density at radius 2 is 2.16 bits per heavy atom. The van der Waals surface area contributed by atoms with Gasteiger partial charge in [-0.25, -0.2) is 0 Å². The standard InChI is InChI=1S/C17H26N6OS/c1-5-18-16(21-12-17(2,3)25-4)20-11-9-14-22-15(24-23-14)13-8-6-7-10-19-13/h6-8,10H,5,9,11-12H2,1-4H3,(H2,18,20,21). The van der Waals surface area contributed by atoms with Gasteiger partial charge in [0.25, 0.3) is 5.89 Å².